The van der Waals surface area contributed by atoms with Gasteiger partial charge >= 0.3 is 6.09 Å². The van der Waals surface area contributed by atoms with Gasteiger partial charge in [0, 0.05) is 40.2 Å². The second-order valence-electron chi connectivity index (χ2n) is 6.27. The summed E-state index contributed by atoms with van der Waals surface area (Å²) >= 11 is 7.16. The molecule has 0 N–H and O–H groups in total. The monoisotopic (exact) mass is 364 g/mol. The van der Waals surface area contributed by atoms with Crippen molar-refractivity contribution in [3.8, 4) is 0 Å². The molecular formula is C14H21ClN2O3S2. The number of likely N-dealkylation sites (tertiary alicyclic amines) is 1. The van der Waals surface area contributed by atoms with Crippen molar-refractivity contribution in [3.05, 3.63) is 15.5 Å². The minimum Gasteiger partial charge on any atom is -0.444 e. The van der Waals surface area contributed by atoms with Crippen LogP contribution < -0.4 is 0 Å². The molecule has 22 heavy (non-hydrogen) atoms. The van der Waals surface area contributed by atoms with Gasteiger partial charge in [-0.1, -0.05) is 11.6 Å². The summed E-state index contributed by atoms with van der Waals surface area (Å²) < 4.78 is 18.2. The number of piperidine rings is 1. The van der Waals surface area contributed by atoms with Crippen molar-refractivity contribution >= 4 is 39.8 Å². The van der Waals surface area contributed by atoms with E-state index in [-0.39, 0.29) is 11.3 Å². The average Bonchev–Trinajstić information content (AvgIpc) is 2.82. The third kappa shape index (κ3) is 5.21. The SMILES string of the molecule is CC(C)(C)OC(=O)N1CCC([S@@](=O)Cc2cnc(Cl)s2)CC1. The predicted molar refractivity (Wildman–Crippen MR) is 89.8 cm³/mol. The summed E-state index contributed by atoms with van der Waals surface area (Å²) in [6, 6.07) is 0. The molecule has 0 unspecified atom stereocenters. The molecule has 1 saturated heterocycles. The van der Waals surface area contributed by atoms with Crippen LogP contribution >= 0.6 is 22.9 Å². The molecule has 1 aliphatic rings. The fourth-order valence-corrected chi connectivity index (χ4v) is 4.92. The van der Waals surface area contributed by atoms with Crippen LogP contribution in [0, 0.1) is 0 Å². The third-order valence-corrected chi connectivity index (χ3v) is 6.38. The molecule has 1 fully saturated rings. The Morgan fingerprint density at radius 1 is 1.50 bits per heavy atom. The van der Waals surface area contributed by atoms with Gasteiger partial charge in [0.15, 0.2) is 4.47 Å². The second kappa shape index (κ2) is 7.27. The van der Waals surface area contributed by atoms with E-state index in [1.165, 1.54) is 11.3 Å². The first-order valence-electron chi connectivity index (χ1n) is 7.20. The van der Waals surface area contributed by atoms with E-state index < -0.39 is 16.4 Å². The maximum atomic E-state index is 12.4. The minimum atomic E-state index is -0.958. The molecule has 2 heterocycles. The van der Waals surface area contributed by atoms with Crippen molar-refractivity contribution in [3.63, 3.8) is 0 Å². The van der Waals surface area contributed by atoms with Gasteiger partial charge in [0.2, 0.25) is 0 Å². The Kier molecular flexibility index (Phi) is 5.85. The molecule has 0 spiro atoms. The van der Waals surface area contributed by atoms with E-state index in [4.69, 9.17) is 16.3 Å². The summed E-state index contributed by atoms with van der Waals surface area (Å²) in [5, 5.41) is 0.111. The molecule has 0 aliphatic carbocycles. The number of ether oxygens (including phenoxy) is 1. The molecule has 1 atom stereocenters. The van der Waals surface area contributed by atoms with Crippen LogP contribution in [0.5, 0.6) is 0 Å². The molecule has 1 aliphatic heterocycles. The summed E-state index contributed by atoms with van der Waals surface area (Å²) in [5.41, 5.74) is -0.484. The highest BCUT2D eigenvalue weighted by Crippen LogP contribution is 2.24. The Hall–Kier alpha value is -0.660. The van der Waals surface area contributed by atoms with Gasteiger partial charge in [-0.3, -0.25) is 4.21 Å². The molecule has 2 rings (SSSR count). The Morgan fingerprint density at radius 2 is 2.14 bits per heavy atom. The highest BCUT2D eigenvalue weighted by molar-refractivity contribution is 7.85. The van der Waals surface area contributed by atoms with Gasteiger partial charge in [0.1, 0.15) is 5.60 Å². The zero-order valence-corrected chi connectivity index (χ0v) is 15.4. The second-order valence-corrected chi connectivity index (χ2v) is 9.69. The number of carbonyl (C=O) groups is 1. The summed E-state index contributed by atoms with van der Waals surface area (Å²) in [4.78, 5) is 18.6. The summed E-state index contributed by atoms with van der Waals surface area (Å²) in [5.74, 6) is 0.488. The summed E-state index contributed by atoms with van der Waals surface area (Å²) in [7, 11) is -0.958. The molecule has 0 saturated carbocycles. The van der Waals surface area contributed by atoms with E-state index in [0.717, 1.165) is 17.7 Å². The number of nitrogens with zero attached hydrogens (tertiary/aromatic N) is 2. The lowest BCUT2D eigenvalue weighted by Gasteiger charge is -2.33. The molecule has 0 aromatic carbocycles. The summed E-state index contributed by atoms with van der Waals surface area (Å²) in [6.07, 6.45) is 2.86. The fourth-order valence-electron chi connectivity index (χ4n) is 2.24. The number of hydrogen-bond donors (Lipinski definition) is 0. The molecule has 8 heteroatoms. The van der Waals surface area contributed by atoms with Crippen LogP contribution in [0.25, 0.3) is 0 Å². The number of amides is 1. The standard InChI is InChI=1S/C14H21ClN2O3S2/c1-14(2,3)20-13(18)17-6-4-11(5-7-17)22(19)9-10-8-16-12(15)21-10/h8,11H,4-7,9H2,1-3H3/t22-/m0/s1. The Morgan fingerprint density at radius 3 is 2.64 bits per heavy atom. The van der Waals surface area contributed by atoms with E-state index in [1.54, 1.807) is 11.1 Å². The molecule has 0 radical (unpaired) electrons. The number of rotatable bonds is 3. The van der Waals surface area contributed by atoms with Gasteiger partial charge < -0.3 is 9.64 Å². The quantitative estimate of drug-likeness (QED) is 0.824. The van der Waals surface area contributed by atoms with Crippen molar-refractivity contribution in [2.24, 2.45) is 0 Å². The first kappa shape index (κ1) is 17.7. The zero-order valence-electron chi connectivity index (χ0n) is 13.0. The predicted octanol–water partition coefficient (Wildman–Crippen LogP) is 3.44. The minimum absolute atomic E-state index is 0.111. The van der Waals surface area contributed by atoms with Crippen LogP contribution in [0.2, 0.25) is 4.47 Å². The van der Waals surface area contributed by atoms with Crippen LogP contribution in [0.1, 0.15) is 38.5 Å². The van der Waals surface area contributed by atoms with E-state index in [0.29, 0.717) is 23.3 Å². The maximum absolute atomic E-state index is 12.4. The number of aromatic nitrogens is 1. The van der Waals surface area contributed by atoms with Crippen molar-refractivity contribution in [1.29, 1.82) is 0 Å². The van der Waals surface area contributed by atoms with Crippen LogP contribution in [-0.4, -0.2) is 44.1 Å². The van der Waals surface area contributed by atoms with Crippen molar-refractivity contribution < 1.29 is 13.7 Å². The first-order chi connectivity index (χ1) is 10.2. The van der Waals surface area contributed by atoms with Gasteiger partial charge in [0.05, 0.1) is 5.75 Å². The largest absolute Gasteiger partial charge is 0.444 e. The van der Waals surface area contributed by atoms with Crippen molar-refractivity contribution in [2.75, 3.05) is 13.1 Å². The summed E-state index contributed by atoms with van der Waals surface area (Å²) in [6.45, 7) is 6.75. The molecule has 0 bridgehead atoms. The third-order valence-electron chi connectivity index (χ3n) is 3.28. The highest BCUT2D eigenvalue weighted by Gasteiger charge is 2.29. The van der Waals surface area contributed by atoms with Gasteiger partial charge in [-0.05, 0) is 33.6 Å². The first-order valence-corrected chi connectivity index (χ1v) is 9.77. The van der Waals surface area contributed by atoms with Crippen molar-refractivity contribution in [2.45, 2.75) is 50.2 Å². The number of carbonyl (C=O) groups excluding carboxylic acids is 1. The van der Waals surface area contributed by atoms with E-state index in [2.05, 4.69) is 4.98 Å². The molecule has 1 aromatic heterocycles. The highest BCUT2D eigenvalue weighted by atomic mass is 35.5. The number of thiazole rings is 1. The lowest BCUT2D eigenvalue weighted by atomic mass is 10.1. The molecule has 5 nitrogen and oxygen atoms in total. The van der Waals surface area contributed by atoms with Crippen LogP contribution in [0.15, 0.2) is 6.20 Å². The van der Waals surface area contributed by atoms with E-state index in [9.17, 15) is 9.00 Å². The molecular weight excluding hydrogens is 344 g/mol. The van der Waals surface area contributed by atoms with Crippen LogP contribution in [0.4, 0.5) is 4.79 Å². The Labute approximate surface area is 142 Å². The van der Waals surface area contributed by atoms with E-state index >= 15 is 0 Å². The van der Waals surface area contributed by atoms with E-state index in [1.807, 2.05) is 20.8 Å². The molecule has 124 valence electrons. The lowest BCUT2D eigenvalue weighted by molar-refractivity contribution is 0.0218. The van der Waals surface area contributed by atoms with Gasteiger partial charge in [-0.25, -0.2) is 9.78 Å². The smallest absolute Gasteiger partial charge is 0.410 e. The van der Waals surface area contributed by atoms with Crippen LogP contribution in [-0.2, 0) is 21.3 Å². The average molecular weight is 365 g/mol. The van der Waals surface area contributed by atoms with Gasteiger partial charge in [-0.15, -0.1) is 11.3 Å². The van der Waals surface area contributed by atoms with Crippen LogP contribution in [0.3, 0.4) is 0 Å². The number of hydrogen-bond acceptors (Lipinski definition) is 5. The molecule has 1 amide bonds. The zero-order chi connectivity index (χ0) is 16.3. The normalized spacial score (nSPS) is 18.3. The lowest BCUT2D eigenvalue weighted by Crippen LogP contribution is -2.43. The topological polar surface area (TPSA) is 59.5 Å². The van der Waals surface area contributed by atoms with Crippen molar-refractivity contribution in [1.82, 2.24) is 9.88 Å². The molecule has 1 aromatic rings. The fraction of sp³-hybridized carbons (Fsp3) is 0.714. The Bertz CT molecular complexity index is 549. The Balaban J connectivity index is 1.81. The number of halogens is 1. The maximum Gasteiger partial charge on any atom is 0.410 e. The van der Waals surface area contributed by atoms with Gasteiger partial charge in [0.25, 0.3) is 0 Å². The van der Waals surface area contributed by atoms with Gasteiger partial charge in [-0.2, -0.15) is 0 Å².